The molecule has 1 aromatic carbocycles. The van der Waals surface area contributed by atoms with Crippen molar-refractivity contribution in [3.63, 3.8) is 0 Å². The zero-order chi connectivity index (χ0) is 18.6. The molecule has 0 amide bonds. The zero-order valence-corrected chi connectivity index (χ0v) is 16.5. The summed E-state index contributed by atoms with van der Waals surface area (Å²) in [4.78, 5) is 6.44. The fourth-order valence-electron chi connectivity index (χ4n) is 2.88. The van der Waals surface area contributed by atoms with Crippen LogP contribution in [-0.4, -0.2) is 65.0 Å². The van der Waals surface area contributed by atoms with Gasteiger partial charge < -0.3 is 25.0 Å². The molecule has 0 spiro atoms. The molecule has 1 atom stereocenters. The number of ether oxygens (including phenoxy) is 2. The highest BCUT2D eigenvalue weighted by molar-refractivity contribution is 5.79. The van der Waals surface area contributed by atoms with E-state index in [0.29, 0.717) is 5.92 Å². The first-order valence-corrected chi connectivity index (χ1v) is 9.50. The fourth-order valence-corrected chi connectivity index (χ4v) is 2.88. The van der Waals surface area contributed by atoms with Crippen LogP contribution in [0.2, 0.25) is 0 Å². The van der Waals surface area contributed by atoms with Crippen LogP contribution in [0, 0.1) is 5.92 Å². The second kappa shape index (κ2) is 11.9. The van der Waals surface area contributed by atoms with Crippen molar-refractivity contribution in [2.45, 2.75) is 25.9 Å². The number of nitrogens with one attached hydrogen (secondary N) is 2. The summed E-state index contributed by atoms with van der Waals surface area (Å²) in [6.45, 7) is 5.90. The molecule has 1 unspecified atom stereocenters. The van der Waals surface area contributed by atoms with Gasteiger partial charge in [-0.05, 0) is 38.1 Å². The molecular formula is C20H34N4O2. The third-order valence-corrected chi connectivity index (χ3v) is 4.34. The molecule has 1 fully saturated rings. The zero-order valence-electron chi connectivity index (χ0n) is 16.5. The van der Waals surface area contributed by atoms with Gasteiger partial charge in [0.2, 0.25) is 0 Å². The third kappa shape index (κ3) is 8.17. The minimum atomic E-state index is 0.585. The molecule has 0 radical (unpaired) electrons. The molecule has 2 N–H and O–H groups in total. The predicted molar refractivity (Wildman–Crippen MR) is 106 cm³/mol. The molecule has 26 heavy (non-hydrogen) atoms. The highest BCUT2D eigenvalue weighted by Gasteiger charge is 2.15. The Bertz CT molecular complexity index is 525. The molecule has 1 aliphatic rings. The highest BCUT2D eigenvalue weighted by atomic mass is 16.5. The molecule has 1 heterocycles. The van der Waals surface area contributed by atoms with Gasteiger partial charge in [-0.2, -0.15) is 0 Å². The summed E-state index contributed by atoms with van der Waals surface area (Å²) in [6.07, 6.45) is 2.10. The summed E-state index contributed by atoms with van der Waals surface area (Å²) in [5.74, 6) is 1.41. The molecule has 0 bridgehead atoms. The van der Waals surface area contributed by atoms with E-state index in [0.717, 1.165) is 64.9 Å². The number of aliphatic imine (C=N–C) groups is 1. The minimum Gasteiger partial charge on any atom is -0.381 e. The number of rotatable bonds is 10. The summed E-state index contributed by atoms with van der Waals surface area (Å²) >= 11 is 0. The highest BCUT2D eigenvalue weighted by Crippen LogP contribution is 2.12. The van der Waals surface area contributed by atoms with Crippen molar-refractivity contribution in [2.24, 2.45) is 10.9 Å². The first-order valence-electron chi connectivity index (χ1n) is 9.50. The van der Waals surface area contributed by atoms with E-state index in [4.69, 9.17) is 9.47 Å². The lowest BCUT2D eigenvalue weighted by Gasteiger charge is -2.13. The maximum Gasteiger partial charge on any atom is 0.191 e. The maximum absolute atomic E-state index is 5.72. The van der Waals surface area contributed by atoms with Crippen molar-refractivity contribution in [3.8, 4) is 0 Å². The Morgan fingerprint density at radius 2 is 2.00 bits per heavy atom. The van der Waals surface area contributed by atoms with E-state index in [1.54, 1.807) is 7.05 Å². The molecular weight excluding hydrogens is 328 g/mol. The monoisotopic (exact) mass is 362 g/mol. The molecule has 1 saturated heterocycles. The molecule has 1 aliphatic heterocycles. The summed E-state index contributed by atoms with van der Waals surface area (Å²) in [5, 5.41) is 6.69. The van der Waals surface area contributed by atoms with Gasteiger partial charge in [-0.1, -0.05) is 24.3 Å². The number of nitrogens with zero attached hydrogens (tertiary/aromatic N) is 2. The van der Waals surface area contributed by atoms with Crippen LogP contribution in [0.3, 0.4) is 0 Å². The van der Waals surface area contributed by atoms with E-state index in [-0.39, 0.29) is 0 Å². The lowest BCUT2D eigenvalue weighted by atomic mass is 10.1. The Morgan fingerprint density at radius 3 is 2.65 bits per heavy atom. The molecule has 0 aromatic heterocycles. The largest absolute Gasteiger partial charge is 0.381 e. The van der Waals surface area contributed by atoms with Crippen LogP contribution in [0.25, 0.3) is 0 Å². The van der Waals surface area contributed by atoms with E-state index < -0.39 is 0 Å². The predicted octanol–water partition coefficient (Wildman–Crippen LogP) is 1.86. The van der Waals surface area contributed by atoms with Crippen molar-refractivity contribution in [1.82, 2.24) is 15.5 Å². The van der Waals surface area contributed by atoms with E-state index in [1.165, 1.54) is 11.1 Å². The smallest absolute Gasteiger partial charge is 0.191 e. The minimum absolute atomic E-state index is 0.585. The Morgan fingerprint density at radius 1 is 1.23 bits per heavy atom. The van der Waals surface area contributed by atoms with Gasteiger partial charge in [0.25, 0.3) is 0 Å². The summed E-state index contributed by atoms with van der Waals surface area (Å²) in [6, 6.07) is 8.69. The van der Waals surface area contributed by atoms with Crippen LogP contribution in [0.4, 0.5) is 0 Å². The average Bonchev–Trinajstić information content (AvgIpc) is 3.14. The van der Waals surface area contributed by atoms with Crippen LogP contribution in [-0.2, 0) is 22.6 Å². The first-order chi connectivity index (χ1) is 12.7. The summed E-state index contributed by atoms with van der Waals surface area (Å²) in [5.41, 5.74) is 2.57. The molecule has 6 nitrogen and oxygen atoms in total. The standard InChI is InChI=1S/C20H34N4O2/c1-21-20(22-10-4-11-25-15-19-9-12-26-16-19)23-13-17-5-7-18(8-6-17)14-24(2)3/h5-8,19H,4,9-16H2,1-3H3,(H2,21,22,23). The van der Waals surface area contributed by atoms with Gasteiger partial charge in [0.15, 0.2) is 5.96 Å². The molecule has 1 aromatic rings. The van der Waals surface area contributed by atoms with Gasteiger partial charge in [0, 0.05) is 45.8 Å². The number of guanidine groups is 1. The quantitative estimate of drug-likeness (QED) is 0.378. The van der Waals surface area contributed by atoms with Crippen LogP contribution >= 0.6 is 0 Å². The van der Waals surface area contributed by atoms with Gasteiger partial charge in [-0.15, -0.1) is 0 Å². The maximum atomic E-state index is 5.72. The van der Waals surface area contributed by atoms with Gasteiger partial charge in [-0.3, -0.25) is 4.99 Å². The van der Waals surface area contributed by atoms with E-state index in [1.807, 2.05) is 0 Å². The Labute approximate surface area is 158 Å². The molecule has 146 valence electrons. The first kappa shape index (κ1) is 20.7. The van der Waals surface area contributed by atoms with Gasteiger partial charge in [0.05, 0.1) is 13.2 Å². The van der Waals surface area contributed by atoms with E-state index in [2.05, 4.69) is 58.9 Å². The second-order valence-corrected chi connectivity index (χ2v) is 7.06. The van der Waals surface area contributed by atoms with Crippen molar-refractivity contribution in [3.05, 3.63) is 35.4 Å². The van der Waals surface area contributed by atoms with Crippen LogP contribution in [0.15, 0.2) is 29.3 Å². The summed E-state index contributed by atoms with van der Waals surface area (Å²) < 4.78 is 11.1. The Balaban J connectivity index is 1.57. The lowest BCUT2D eigenvalue weighted by molar-refractivity contribution is 0.0888. The van der Waals surface area contributed by atoms with Crippen molar-refractivity contribution in [1.29, 1.82) is 0 Å². The van der Waals surface area contributed by atoms with E-state index >= 15 is 0 Å². The average molecular weight is 363 g/mol. The number of benzene rings is 1. The second-order valence-electron chi connectivity index (χ2n) is 7.06. The Kier molecular flexibility index (Phi) is 9.45. The molecule has 2 rings (SSSR count). The number of hydrogen-bond acceptors (Lipinski definition) is 4. The molecule has 6 heteroatoms. The van der Waals surface area contributed by atoms with Crippen molar-refractivity contribution in [2.75, 3.05) is 54.1 Å². The van der Waals surface area contributed by atoms with Gasteiger partial charge in [0.1, 0.15) is 0 Å². The third-order valence-electron chi connectivity index (χ3n) is 4.34. The lowest BCUT2D eigenvalue weighted by Crippen LogP contribution is -2.37. The van der Waals surface area contributed by atoms with Crippen molar-refractivity contribution >= 4 is 5.96 Å². The topological polar surface area (TPSA) is 58.1 Å². The van der Waals surface area contributed by atoms with Gasteiger partial charge >= 0.3 is 0 Å². The van der Waals surface area contributed by atoms with Crippen LogP contribution in [0.5, 0.6) is 0 Å². The van der Waals surface area contributed by atoms with Crippen molar-refractivity contribution < 1.29 is 9.47 Å². The SMILES string of the molecule is CN=C(NCCCOCC1CCOC1)NCc1ccc(CN(C)C)cc1. The van der Waals surface area contributed by atoms with E-state index in [9.17, 15) is 0 Å². The van der Waals surface area contributed by atoms with Crippen LogP contribution < -0.4 is 10.6 Å². The van der Waals surface area contributed by atoms with Crippen LogP contribution in [0.1, 0.15) is 24.0 Å². The summed E-state index contributed by atoms with van der Waals surface area (Å²) in [7, 11) is 5.96. The fraction of sp³-hybridized carbons (Fsp3) is 0.650. The molecule has 0 aliphatic carbocycles. The normalized spacial score (nSPS) is 17.7. The van der Waals surface area contributed by atoms with Gasteiger partial charge in [-0.25, -0.2) is 0 Å². The Hall–Kier alpha value is -1.63. The number of hydrogen-bond donors (Lipinski definition) is 2. The molecule has 0 saturated carbocycles.